The lowest BCUT2D eigenvalue weighted by Gasteiger charge is -2.15. The van der Waals surface area contributed by atoms with E-state index in [2.05, 4.69) is 20.5 Å². The van der Waals surface area contributed by atoms with Crippen LogP contribution in [0.1, 0.15) is 44.0 Å². The van der Waals surface area contributed by atoms with Crippen LogP contribution in [0.5, 0.6) is 5.75 Å². The van der Waals surface area contributed by atoms with Crippen molar-refractivity contribution in [2.24, 2.45) is 0 Å². The molecule has 1 saturated carbocycles. The van der Waals surface area contributed by atoms with Crippen LogP contribution in [0.3, 0.4) is 0 Å². The Hall–Kier alpha value is -1.73. The summed E-state index contributed by atoms with van der Waals surface area (Å²) in [6.45, 7) is 4.08. The van der Waals surface area contributed by atoms with Gasteiger partial charge in [-0.15, -0.1) is 5.10 Å². The first-order valence-electron chi connectivity index (χ1n) is 8.78. The molecule has 0 radical (unpaired) electrons. The van der Waals surface area contributed by atoms with Crippen LogP contribution in [-0.2, 0) is 11.4 Å². The SMILES string of the molecule is Cc1cc(OCc2nc(S[C@@H](C)C(=O)NC3CCCC3)n[nH]2)ccc1Cl. The zero-order valence-electron chi connectivity index (χ0n) is 14.9. The van der Waals surface area contributed by atoms with Gasteiger partial charge in [0.2, 0.25) is 11.1 Å². The molecule has 1 aromatic carbocycles. The normalized spacial score (nSPS) is 15.8. The summed E-state index contributed by atoms with van der Waals surface area (Å²) in [5.74, 6) is 1.38. The number of hydrogen-bond acceptors (Lipinski definition) is 5. The first-order valence-corrected chi connectivity index (χ1v) is 10.0. The molecular weight excluding hydrogens is 372 g/mol. The van der Waals surface area contributed by atoms with Crippen molar-refractivity contribution in [2.75, 3.05) is 0 Å². The second-order valence-electron chi connectivity index (χ2n) is 6.51. The maximum atomic E-state index is 12.2. The Bertz CT molecular complexity index is 761. The fourth-order valence-corrected chi connectivity index (χ4v) is 3.72. The van der Waals surface area contributed by atoms with Crippen LogP contribution in [0.15, 0.2) is 23.4 Å². The van der Waals surface area contributed by atoms with Gasteiger partial charge in [0, 0.05) is 11.1 Å². The smallest absolute Gasteiger partial charge is 0.233 e. The van der Waals surface area contributed by atoms with Gasteiger partial charge in [0.15, 0.2) is 5.82 Å². The van der Waals surface area contributed by atoms with E-state index >= 15 is 0 Å². The van der Waals surface area contributed by atoms with Gasteiger partial charge in [0.25, 0.3) is 0 Å². The number of carbonyl (C=O) groups is 1. The molecule has 26 heavy (non-hydrogen) atoms. The number of halogens is 1. The summed E-state index contributed by atoms with van der Waals surface area (Å²) in [6.07, 6.45) is 4.55. The molecular formula is C18H23ClN4O2S. The van der Waals surface area contributed by atoms with Gasteiger partial charge in [-0.05, 0) is 50.5 Å². The van der Waals surface area contributed by atoms with Crippen LogP contribution < -0.4 is 10.1 Å². The molecule has 0 bridgehead atoms. The quantitative estimate of drug-likeness (QED) is 0.696. The molecule has 0 unspecified atom stereocenters. The van der Waals surface area contributed by atoms with Gasteiger partial charge < -0.3 is 10.1 Å². The molecule has 3 rings (SSSR count). The molecule has 1 aromatic heterocycles. The highest BCUT2D eigenvalue weighted by molar-refractivity contribution is 8.00. The van der Waals surface area contributed by atoms with Crippen molar-refractivity contribution in [3.63, 3.8) is 0 Å². The second-order valence-corrected chi connectivity index (χ2v) is 8.23. The monoisotopic (exact) mass is 394 g/mol. The molecule has 1 amide bonds. The van der Waals surface area contributed by atoms with Gasteiger partial charge in [-0.1, -0.05) is 36.2 Å². The van der Waals surface area contributed by atoms with Gasteiger partial charge in [-0.25, -0.2) is 4.98 Å². The minimum atomic E-state index is -0.237. The Kier molecular flexibility index (Phi) is 6.43. The Morgan fingerprint density at radius 2 is 2.23 bits per heavy atom. The minimum absolute atomic E-state index is 0.0427. The Morgan fingerprint density at radius 1 is 1.46 bits per heavy atom. The zero-order valence-corrected chi connectivity index (χ0v) is 16.5. The lowest BCUT2D eigenvalue weighted by Crippen LogP contribution is -2.37. The molecule has 1 heterocycles. The Balaban J connectivity index is 1.49. The number of carbonyl (C=O) groups excluding carboxylic acids is 1. The van der Waals surface area contributed by atoms with Crippen LogP contribution in [0.25, 0.3) is 0 Å². The van der Waals surface area contributed by atoms with Gasteiger partial charge in [-0.3, -0.25) is 9.89 Å². The summed E-state index contributed by atoms with van der Waals surface area (Å²) < 4.78 is 5.70. The summed E-state index contributed by atoms with van der Waals surface area (Å²) in [4.78, 5) is 16.6. The first kappa shape index (κ1) is 19.0. The number of H-pyrrole nitrogens is 1. The predicted molar refractivity (Wildman–Crippen MR) is 103 cm³/mol. The molecule has 2 N–H and O–H groups in total. The maximum absolute atomic E-state index is 12.2. The molecule has 1 atom stereocenters. The minimum Gasteiger partial charge on any atom is -0.486 e. The number of benzene rings is 1. The van der Waals surface area contributed by atoms with Gasteiger partial charge in [-0.2, -0.15) is 0 Å². The van der Waals surface area contributed by atoms with Crippen LogP contribution in [0, 0.1) is 6.92 Å². The van der Waals surface area contributed by atoms with Crippen molar-refractivity contribution in [3.8, 4) is 5.75 Å². The van der Waals surface area contributed by atoms with E-state index in [1.807, 2.05) is 26.0 Å². The highest BCUT2D eigenvalue weighted by Gasteiger charge is 2.22. The number of rotatable bonds is 7. The van der Waals surface area contributed by atoms with Crippen molar-refractivity contribution in [3.05, 3.63) is 34.6 Å². The number of ether oxygens (including phenoxy) is 1. The average molecular weight is 395 g/mol. The van der Waals surface area contributed by atoms with Crippen LogP contribution in [0.4, 0.5) is 0 Å². The van der Waals surface area contributed by atoms with E-state index in [-0.39, 0.29) is 17.8 Å². The van der Waals surface area contributed by atoms with Crippen molar-refractivity contribution in [1.29, 1.82) is 0 Å². The van der Waals surface area contributed by atoms with E-state index in [1.54, 1.807) is 6.07 Å². The highest BCUT2D eigenvalue weighted by Crippen LogP contribution is 2.23. The highest BCUT2D eigenvalue weighted by atomic mass is 35.5. The van der Waals surface area contributed by atoms with Gasteiger partial charge in [0.1, 0.15) is 12.4 Å². The summed E-state index contributed by atoms with van der Waals surface area (Å²) in [5.41, 5.74) is 0.958. The van der Waals surface area contributed by atoms with Crippen molar-refractivity contribution in [2.45, 2.75) is 62.6 Å². The Morgan fingerprint density at radius 3 is 2.96 bits per heavy atom. The summed E-state index contributed by atoms with van der Waals surface area (Å²) in [5, 5.41) is 11.1. The lowest BCUT2D eigenvalue weighted by atomic mass is 10.2. The van der Waals surface area contributed by atoms with Crippen LogP contribution in [-0.4, -0.2) is 32.4 Å². The number of aromatic nitrogens is 3. The number of nitrogens with zero attached hydrogens (tertiary/aromatic N) is 2. The molecule has 1 fully saturated rings. The van der Waals surface area contributed by atoms with Crippen LogP contribution >= 0.6 is 23.4 Å². The van der Waals surface area contributed by atoms with Crippen molar-refractivity contribution < 1.29 is 9.53 Å². The number of aromatic amines is 1. The largest absolute Gasteiger partial charge is 0.486 e. The molecule has 140 valence electrons. The average Bonchev–Trinajstić information content (AvgIpc) is 3.28. The van der Waals surface area contributed by atoms with Gasteiger partial charge >= 0.3 is 0 Å². The number of aryl methyl sites for hydroxylation is 1. The Labute approximate surface area is 162 Å². The standard InChI is InChI=1S/C18H23ClN4O2S/c1-11-9-14(7-8-15(11)19)25-10-16-21-18(23-22-16)26-12(2)17(24)20-13-5-3-4-6-13/h7-9,12-13H,3-6,10H2,1-2H3,(H,20,24)(H,21,22,23)/t12-/m0/s1. The van der Waals surface area contributed by atoms with E-state index in [4.69, 9.17) is 16.3 Å². The molecule has 1 aliphatic rings. The molecule has 8 heteroatoms. The van der Waals surface area contributed by atoms with Crippen molar-refractivity contribution >= 4 is 29.3 Å². The number of hydrogen-bond donors (Lipinski definition) is 2. The third kappa shape index (κ3) is 5.14. The first-order chi connectivity index (χ1) is 12.5. The van der Waals surface area contributed by atoms with E-state index in [9.17, 15) is 4.79 Å². The summed E-state index contributed by atoms with van der Waals surface area (Å²) in [7, 11) is 0. The molecule has 2 aromatic rings. The maximum Gasteiger partial charge on any atom is 0.233 e. The third-order valence-electron chi connectivity index (χ3n) is 4.37. The molecule has 1 aliphatic carbocycles. The van der Waals surface area contributed by atoms with E-state index in [0.29, 0.717) is 22.0 Å². The number of nitrogens with one attached hydrogen (secondary N) is 2. The van der Waals surface area contributed by atoms with E-state index in [0.717, 1.165) is 24.2 Å². The van der Waals surface area contributed by atoms with Crippen LogP contribution in [0.2, 0.25) is 5.02 Å². The topological polar surface area (TPSA) is 79.9 Å². The zero-order chi connectivity index (χ0) is 18.5. The molecule has 0 spiro atoms. The fraction of sp³-hybridized carbons (Fsp3) is 0.500. The van der Waals surface area contributed by atoms with Crippen molar-refractivity contribution in [1.82, 2.24) is 20.5 Å². The molecule has 0 aliphatic heterocycles. The third-order valence-corrected chi connectivity index (χ3v) is 5.75. The number of thioether (sulfide) groups is 1. The van der Waals surface area contributed by atoms with Gasteiger partial charge in [0.05, 0.1) is 5.25 Å². The molecule has 0 saturated heterocycles. The van der Waals surface area contributed by atoms with E-state index < -0.39 is 0 Å². The molecule has 6 nitrogen and oxygen atoms in total. The second kappa shape index (κ2) is 8.77. The van der Waals surface area contributed by atoms with E-state index in [1.165, 1.54) is 24.6 Å². The predicted octanol–water partition coefficient (Wildman–Crippen LogP) is 3.88. The fourth-order valence-electron chi connectivity index (χ4n) is 2.85. The lowest BCUT2D eigenvalue weighted by molar-refractivity contribution is -0.120. The number of amides is 1. The summed E-state index contributed by atoms with van der Waals surface area (Å²) in [6, 6.07) is 5.82. The summed E-state index contributed by atoms with van der Waals surface area (Å²) >= 11 is 7.35.